The van der Waals surface area contributed by atoms with Gasteiger partial charge in [-0.1, -0.05) is 56.0 Å². The van der Waals surface area contributed by atoms with Crippen LogP contribution in [0.2, 0.25) is 0 Å². The number of rotatable bonds is 12. The largest absolute Gasteiger partial charge is 0.497 e. The van der Waals surface area contributed by atoms with E-state index in [4.69, 9.17) is 9.47 Å². The van der Waals surface area contributed by atoms with E-state index in [2.05, 4.69) is 20.1 Å². The normalized spacial score (nSPS) is 28.2. The summed E-state index contributed by atoms with van der Waals surface area (Å²) in [5, 5.41) is 10.6. The van der Waals surface area contributed by atoms with Crippen LogP contribution in [0.4, 0.5) is 5.69 Å². The molecular formula is C33H38N2O6S. The fourth-order valence-corrected chi connectivity index (χ4v) is 9.53. The van der Waals surface area contributed by atoms with Gasteiger partial charge in [0.1, 0.15) is 18.4 Å². The first kappa shape index (κ1) is 29.9. The zero-order chi connectivity index (χ0) is 30.0. The Kier molecular flexibility index (Phi) is 8.80. The first-order valence-electron chi connectivity index (χ1n) is 14.3. The van der Waals surface area contributed by atoms with Gasteiger partial charge in [-0.2, -0.15) is 0 Å². The Morgan fingerprint density at radius 3 is 2.50 bits per heavy atom. The highest BCUT2D eigenvalue weighted by molar-refractivity contribution is 8.02. The van der Waals surface area contributed by atoms with Crippen molar-refractivity contribution in [3.05, 3.63) is 85.5 Å². The first-order valence-corrected chi connectivity index (χ1v) is 15.2. The maximum absolute atomic E-state index is 14.9. The van der Waals surface area contributed by atoms with Gasteiger partial charge in [-0.05, 0) is 48.6 Å². The highest BCUT2D eigenvalue weighted by Gasteiger charge is 2.77. The summed E-state index contributed by atoms with van der Waals surface area (Å²) in [6.07, 6.45) is 4.22. The van der Waals surface area contributed by atoms with Gasteiger partial charge in [-0.15, -0.1) is 18.3 Å². The van der Waals surface area contributed by atoms with E-state index in [9.17, 15) is 19.5 Å². The van der Waals surface area contributed by atoms with Gasteiger partial charge in [-0.3, -0.25) is 14.4 Å². The third-order valence-electron chi connectivity index (χ3n) is 8.91. The molecule has 1 spiro atoms. The highest BCUT2D eigenvalue weighted by atomic mass is 32.2. The average Bonchev–Trinajstić information content (AvgIpc) is 3.61. The second-order valence-electron chi connectivity index (χ2n) is 11.2. The van der Waals surface area contributed by atoms with Gasteiger partial charge in [0.2, 0.25) is 5.91 Å². The molecule has 0 aromatic heterocycles. The molecule has 9 heteroatoms. The third kappa shape index (κ3) is 4.92. The van der Waals surface area contributed by atoms with E-state index >= 15 is 0 Å². The minimum atomic E-state index is -0.903. The van der Waals surface area contributed by atoms with Crippen LogP contribution in [0.3, 0.4) is 0 Å². The minimum Gasteiger partial charge on any atom is -0.497 e. The summed E-state index contributed by atoms with van der Waals surface area (Å²) < 4.78 is 9.96. The van der Waals surface area contributed by atoms with E-state index < -0.39 is 34.6 Å². The molecule has 0 aliphatic carbocycles. The molecule has 0 radical (unpaired) electrons. The smallest absolute Gasteiger partial charge is 0.311 e. The van der Waals surface area contributed by atoms with Gasteiger partial charge in [0.05, 0.1) is 36.3 Å². The number of fused-ring (bicyclic) bond motifs is 1. The van der Waals surface area contributed by atoms with Crippen LogP contribution in [0.25, 0.3) is 0 Å². The molecule has 3 fully saturated rings. The maximum Gasteiger partial charge on any atom is 0.311 e. The van der Waals surface area contributed by atoms with E-state index in [1.807, 2.05) is 42.5 Å². The van der Waals surface area contributed by atoms with E-state index in [1.165, 1.54) is 6.08 Å². The molecule has 2 aromatic carbocycles. The van der Waals surface area contributed by atoms with E-state index in [0.717, 1.165) is 5.56 Å². The van der Waals surface area contributed by atoms with Crippen LogP contribution in [0.5, 0.6) is 5.75 Å². The lowest BCUT2D eigenvalue weighted by Gasteiger charge is -2.42. The van der Waals surface area contributed by atoms with Crippen molar-refractivity contribution in [2.45, 2.75) is 41.8 Å². The standard InChI is InChI=1S/C33H38N2O6S/c1-5-16-34(23-12-14-25(40-4)15-13-23)31(38)29-33-21(3)18-26(42-33)27(32(39)41-17-6-2)28(33)30(37)35(29)24(20-36)19-22-10-8-7-9-11-22/h5-15,21,24,26-29,36H,1-2,16-20H2,3-4H3/t21?,24-,26-,27+,28+,29?,33?/m1/s1. The Morgan fingerprint density at radius 1 is 1.17 bits per heavy atom. The van der Waals surface area contributed by atoms with Crippen molar-refractivity contribution in [1.82, 2.24) is 4.90 Å². The van der Waals surface area contributed by atoms with Gasteiger partial charge in [0, 0.05) is 17.5 Å². The molecule has 3 unspecified atom stereocenters. The third-order valence-corrected chi connectivity index (χ3v) is 11.0. The first-order chi connectivity index (χ1) is 20.3. The average molecular weight is 591 g/mol. The van der Waals surface area contributed by atoms with Gasteiger partial charge < -0.3 is 24.4 Å². The van der Waals surface area contributed by atoms with Crippen molar-refractivity contribution < 1.29 is 29.0 Å². The second kappa shape index (κ2) is 12.4. The predicted octanol–water partition coefficient (Wildman–Crippen LogP) is 3.88. The number of hydrogen-bond acceptors (Lipinski definition) is 7. The molecule has 2 bridgehead atoms. The summed E-state index contributed by atoms with van der Waals surface area (Å²) in [6, 6.07) is 15.2. The molecule has 3 saturated heterocycles. The number of anilines is 1. The van der Waals surface area contributed by atoms with Gasteiger partial charge in [0.15, 0.2) is 0 Å². The van der Waals surface area contributed by atoms with Gasteiger partial charge >= 0.3 is 5.97 Å². The lowest BCUT2D eigenvalue weighted by Crippen LogP contribution is -2.59. The topological polar surface area (TPSA) is 96.4 Å². The molecule has 42 heavy (non-hydrogen) atoms. The van der Waals surface area contributed by atoms with Crippen LogP contribution in [0.15, 0.2) is 79.9 Å². The Morgan fingerprint density at radius 2 is 1.88 bits per heavy atom. The number of nitrogens with zero attached hydrogens (tertiary/aromatic N) is 2. The summed E-state index contributed by atoms with van der Waals surface area (Å²) in [5.41, 5.74) is 1.58. The SMILES string of the molecule is C=CCOC(=O)[C@@H]1[C@H]2C(=O)N([C@@H](CO)Cc3ccccc3)C(C(=O)N(CC=C)c3ccc(OC)cc3)C23S[C@@H]1CC3C. The summed E-state index contributed by atoms with van der Waals surface area (Å²) >= 11 is 1.58. The highest BCUT2D eigenvalue weighted by Crippen LogP contribution is 2.69. The maximum atomic E-state index is 14.9. The number of esters is 1. The molecule has 3 aliphatic rings. The minimum absolute atomic E-state index is 0.0265. The van der Waals surface area contributed by atoms with Crippen molar-refractivity contribution in [3.63, 3.8) is 0 Å². The number of aliphatic hydroxyl groups is 1. The zero-order valence-corrected chi connectivity index (χ0v) is 24.9. The number of likely N-dealkylation sites (tertiary alicyclic amines) is 1. The monoisotopic (exact) mass is 590 g/mol. The number of carbonyl (C=O) groups is 3. The molecule has 3 heterocycles. The van der Waals surface area contributed by atoms with Crippen molar-refractivity contribution >= 4 is 35.2 Å². The molecule has 2 aromatic rings. The van der Waals surface area contributed by atoms with Crippen LogP contribution in [-0.4, -0.2) is 76.7 Å². The molecular weight excluding hydrogens is 552 g/mol. The summed E-state index contributed by atoms with van der Waals surface area (Å²) in [7, 11) is 1.58. The molecule has 2 amide bonds. The van der Waals surface area contributed by atoms with E-state index in [0.29, 0.717) is 24.3 Å². The number of aliphatic hydroxyl groups excluding tert-OH is 1. The fraction of sp³-hybridized carbons (Fsp3) is 0.424. The molecule has 8 nitrogen and oxygen atoms in total. The van der Waals surface area contributed by atoms with E-state index in [-0.39, 0.29) is 42.7 Å². The Bertz CT molecular complexity index is 1330. The molecule has 3 aliphatic heterocycles. The van der Waals surface area contributed by atoms with Crippen LogP contribution in [0, 0.1) is 17.8 Å². The number of benzene rings is 2. The van der Waals surface area contributed by atoms with Crippen molar-refractivity contribution in [3.8, 4) is 5.75 Å². The van der Waals surface area contributed by atoms with Gasteiger partial charge in [0.25, 0.3) is 5.91 Å². The molecule has 1 N–H and O–H groups in total. The zero-order valence-electron chi connectivity index (χ0n) is 24.1. The number of amides is 2. The van der Waals surface area contributed by atoms with Gasteiger partial charge in [-0.25, -0.2) is 0 Å². The Hall–Kier alpha value is -3.56. The molecule has 7 atom stereocenters. The van der Waals surface area contributed by atoms with Crippen LogP contribution in [-0.2, 0) is 25.5 Å². The van der Waals surface area contributed by atoms with Crippen molar-refractivity contribution in [2.24, 2.45) is 17.8 Å². The number of thioether (sulfide) groups is 1. The predicted molar refractivity (Wildman–Crippen MR) is 163 cm³/mol. The van der Waals surface area contributed by atoms with Crippen molar-refractivity contribution in [1.29, 1.82) is 0 Å². The fourth-order valence-electron chi connectivity index (χ4n) is 7.14. The molecule has 5 rings (SSSR count). The van der Waals surface area contributed by atoms with Crippen LogP contribution < -0.4 is 9.64 Å². The molecule has 0 saturated carbocycles. The lowest BCUT2D eigenvalue weighted by atomic mass is 9.66. The summed E-state index contributed by atoms with van der Waals surface area (Å²) in [6.45, 7) is 9.55. The summed E-state index contributed by atoms with van der Waals surface area (Å²) in [5.74, 6) is -1.77. The second-order valence-corrected chi connectivity index (χ2v) is 12.7. The van der Waals surface area contributed by atoms with E-state index in [1.54, 1.807) is 46.9 Å². The number of hydrogen-bond donors (Lipinski definition) is 1. The number of carbonyl (C=O) groups excluding carboxylic acids is 3. The van der Waals surface area contributed by atoms with Crippen LogP contribution >= 0.6 is 11.8 Å². The Labute approximate surface area is 251 Å². The Balaban J connectivity index is 1.62. The quantitative estimate of drug-likeness (QED) is 0.296. The molecule has 222 valence electrons. The van der Waals surface area contributed by atoms with Crippen molar-refractivity contribution in [2.75, 3.05) is 31.8 Å². The lowest BCUT2D eigenvalue weighted by molar-refractivity contribution is -0.154. The number of ether oxygens (including phenoxy) is 2. The number of methoxy groups -OCH3 is 1. The summed E-state index contributed by atoms with van der Waals surface area (Å²) in [4.78, 5) is 46.1. The van der Waals surface area contributed by atoms with Crippen LogP contribution in [0.1, 0.15) is 18.9 Å².